The monoisotopic (exact) mass is 247 g/mol. The summed E-state index contributed by atoms with van der Waals surface area (Å²) in [5.74, 6) is 0.296. The first-order chi connectivity index (χ1) is 7.53. The van der Waals surface area contributed by atoms with Crippen molar-refractivity contribution in [3.8, 4) is 0 Å². The van der Waals surface area contributed by atoms with Gasteiger partial charge < -0.3 is 5.73 Å². The predicted octanol–water partition coefficient (Wildman–Crippen LogP) is 0.0424. The first-order valence-electron chi connectivity index (χ1n) is 6.06. The minimum atomic E-state index is -3.26. The molecule has 1 aliphatic heterocycles. The second-order valence-corrected chi connectivity index (χ2v) is 6.58. The van der Waals surface area contributed by atoms with Crippen LogP contribution in [0.5, 0.6) is 0 Å². The van der Waals surface area contributed by atoms with Crippen LogP contribution in [0.1, 0.15) is 32.6 Å². The smallest absolute Gasteiger partial charge is 0.279 e. The summed E-state index contributed by atoms with van der Waals surface area (Å²) in [6, 6.07) is 0.332. The average Bonchev–Trinajstić information content (AvgIpc) is 3.01. The van der Waals surface area contributed by atoms with Gasteiger partial charge in [-0.1, -0.05) is 13.3 Å². The van der Waals surface area contributed by atoms with Gasteiger partial charge >= 0.3 is 0 Å². The molecule has 16 heavy (non-hydrogen) atoms. The second-order valence-electron chi connectivity index (χ2n) is 4.88. The Kier molecular flexibility index (Phi) is 3.53. The van der Waals surface area contributed by atoms with E-state index in [-0.39, 0.29) is 12.1 Å². The van der Waals surface area contributed by atoms with Crippen molar-refractivity contribution in [3.05, 3.63) is 0 Å². The molecule has 94 valence electrons. The molecule has 1 aliphatic carbocycles. The number of hydrogen-bond acceptors (Lipinski definition) is 3. The maximum absolute atomic E-state index is 12.0. The molecule has 2 unspecified atom stereocenters. The molecule has 0 spiro atoms. The zero-order valence-corrected chi connectivity index (χ0v) is 10.5. The highest BCUT2D eigenvalue weighted by molar-refractivity contribution is 7.87. The van der Waals surface area contributed by atoms with Crippen LogP contribution >= 0.6 is 0 Å². The van der Waals surface area contributed by atoms with Gasteiger partial charge in [-0.05, 0) is 25.2 Å². The van der Waals surface area contributed by atoms with E-state index in [0.717, 1.165) is 25.7 Å². The molecule has 0 aromatic heterocycles. The Morgan fingerprint density at radius 3 is 2.62 bits per heavy atom. The lowest BCUT2D eigenvalue weighted by Crippen LogP contribution is -2.52. The SMILES string of the molecule is CCC1CN(S(=O)(=O)NC2CC2)CCC1N. The molecule has 1 saturated heterocycles. The van der Waals surface area contributed by atoms with Crippen LogP contribution < -0.4 is 10.5 Å². The normalized spacial score (nSPS) is 32.9. The van der Waals surface area contributed by atoms with Crippen molar-refractivity contribution in [1.82, 2.24) is 9.03 Å². The maximum atomic E-state index is 12.0. The predicted molar refractivity (Wildman–Crippen MR) is 63.0 cm³/mol. The molecule has 0 amide bonds. The third kappa shape index (κ3) is 2.74. The number of nitrogens with one attached hydrogen (secondary N) is 1. The number of nitrogens with zero attached hydrogens (tertiary/aromatic N) is 1. The number of piperidine rings is 1. The van der Waals surface area contributed by atoms with Gasteiger partial charge in [-0.15, -0.1) is 0 Å². The van der Waals surface area contributed by atoms with E-state index in [2.05, 4.69) is 11.6 Å². The van der Waals surface area contributed by atoms with Crippen LogP contribution in [-0.2, 0) is 10.2 Å². The molecule has 6 heteroatoms. The van der Waals surface area contributed by atoms with E-state index in [1.165, 1.54) is 0 Å². The standard InChI is InChI=1S/C10H21N3O2S/c1-2-8-7-13(6-5-10(8)11)16(14,15)12-9-3-4-9/h8-10,12H,2-7,11H2,1H3. The summed E-state index contributed by atoms with van der Waals surface area (Å²) in [5, 5.41) is 0. The van der Waals surface area contributed by atoms with Gasteiger partial charge in [0.25, 0.3) is 10.2 Å². The van der Waals surface area contributed by atoms with Gasteiger partial charge in [0.05, 0.1) is 0 Å². The van der Waals surface area contributed by atoms with E-state index in [1.807, 2.05) is 0 Å². The molecule has 2 rings (SSSR count). The molecule has 1 heterocycles. The molecule has 0 aromatic rings. The highest BCUT2D eigenvalue weighted by atomic mass is 32.2. The zero-order valence-electron chi connectivity index (χ0n) is 9.72. The minimum absolute atomic E-state index is 0.150. The Labute approximate surface area is 97.6 Å². The topological polar surface area (TPSA) is 75.4 Å². The van der Waals surface area contributed by atoms with Crippen molar-refractivity contribution in [3.63, 3.8) is 0 Å². The number of nitrogens with two attached hydrogens (primary N) is 1. The van der Waals surface area contributed by atoms with Gasteiger partial charge in [0.15, 0.2) is 0 Å². The van der Waals surface area contributed by atoms with Crippen LogP contribution in [0.2, 0.25) is 0 Å². The Morgan fingerprint density at radius 1 is 1.38 bits per heavy atom. The first-order valence-corrected chi connectivity index (χ1v) is 7.50. The fourth-order valence-corrected chi connectivity index (χ4v) is 3.69. The van der Waals surface area contributed by atoms with Crippen molar-refractivity contribution in [2.45, 2.75) is 44.7 Å². The summed E-state index contributed by atoms with van der Waals surface area (Å²) >= 11 is 0. The highest BCUT2D eigenvalue weighted by Crippen LogP contribution is 2.24. The maximum Gasteiger partial charge on any atom is 0.279 e. The summed E-state index contributed by atoms with van der Waals surface area (Å²) < 4.78 is 28.2. The third-order valence-electron chi connectivity index (χ3n) is 3.51. The molecule has 0 aromatic carbocycles. The molecule has 2 atom stereocenters. The van der Waals surface area contributed by atoms with Gasteiger partial charge in [-0.3, -0.25) is 0 Å². The average molecular weight is 247 g/mol. The quantitative estimate of drug-likeness (QED) is 0.736. The van der Waals surface area contributed by atoms with Crippen molar-refractivity contribution in [2.75, 3.05) is 13.1 Å². The van der Waals surface area contributed by atoms with Gasteiger partial charge in [0, 0.05) is 25.2 Å². The molecule has 2 aliphatic rings. The van der Waals surface area contributed by atoms with Crippen LogP contribution in [0.25, 0.3) is 0 Å². The molecule has 0 radical (unpaired) electrons. The van der Waals surface area contributed by atoms with Crippen LogP contribution in [0.3, 0.4) is 0 Å². The lowest BCUT2D eigenvalue weighted by molar-refractivity contribution is 0.228. The number of rotatable bonds is 4. The van der Waals surface area contributed by atoms with Gasteiger partial charge in [0.1, 0.15) is 0 Å². The van der Waals surface area contributed by atoms with Crippen molar-refractivity contribution in [2.24, 2.45) is 11.7 Å². The summed E-state index contributed by atoms with van der Waals surface area (Å²) in [5.41, 5.74) is 5.97. The first kappa shape index (κ1) is 12.3. The van der Waals surface area contributed by atoms with E-state index in [1.54, 1.807) is 4.31 Å². The van der Waals surface area contributed by atoms with Crippen molar-refractivity contribution in [1.29, 1.82) is 0 Å². The Hall–Kier alpha value is -0.170. The van der Waals surface area contributed by atoms with Gasteiger partial charge in [0.2, 0.25) is 0 Å². The molecule has 1 saturated carbocycles. The molecule has 3 N–H and O–H groups in total. The largest absolute Gasteiger partial charge is 0.327 e. The third-order valence-corrected chi connectivity index (χ3v) is 5.16. The Morgan fingerprint density at radius 2 is 2.06 bits per heavy atom. The molecular weight excluding hydrogens is 226 g/mol. The minimum Gasteiger partial charge on any atom is -0.327 e. The summed E-state index contributed by atoms with van der Waals surface area (Å²) in [6.45, 7) is 3.19. The van der Waals surface area contributed by atoms with E-state index >= 15 is 0 Å². The van der Waals surface area contributed by atoms with E-state index in [4.69, 9.17) is 5.73 Å². The van der Waals surface area contributed by atoms with Crippen LogP contribution in [0.4, 0.5) is 0 Å². The Bertz CT molecular complexity index is 340. The van der Waals surface area contributed by atoms with E-state index in [9.17, 15) is 8.42 Å². The van der Waals surface area contributed by atoms with Crippen LogP contribution in [0.15, 0.2) is 0 Å². The van der Waals surface area contributed by atoms with Crippen LogP contribution in [0, 0.1) is 5.92 Å². The molecule has 2 fully saturated rings. The summed E-state index contributed by atoms with van der Waals surface area (Å²) in [7, 11) is -3.26. The Balaban J connectivity index is 1.98. The van der Waals surface area contributed by atoms with E-state index in [0.29, 0.717) is 19.0 Å². The van der Waals surface area contributed by atoms with Gasteiger partial charge in [-0.25, -0.2) is 0 Å². The fourth-order valence-electron chi connectivity index (χ4n) is 2.15. The zero-order chi connectivity index (χ0) is 11.8. The van der Waals surface area contributed by atoms with Gasteiger partial charge in [-0.2, -0.15) is 17.4 Å². The highest BCUT2D eigenvalue weighted by Gasteiger charge is 2.35. The molecule has 5 nitrogen and oxygen atoms in total. The second kappa shape index (κ2) is 4.60. The molecular formula is C10H21N3O2S. The summed E-state index contributed by atoms with van der Waals surface area (Å²) in [4.78, 5) is 0. The fraction of sp³-hybridized carbons (Fsp3) is 1.00. The van der Waals surface area contributed by atoms with Crippen molar-refractivity contribution >= 4 is 10.2 Å². The van der Waals surface area contributed by atoms with E-state index < -0.39 is 10.2 Å². The lowest BCUT2D eigenvalue weighted by atomic mass is 9.92. The number of hydrogen-bond donors (Lipinski definition) is 2. The summed E-state index contributed by atoms with van der Waals surface area (Å²) in [6.07, 6.45) is 3.66. The van der Waals surface area contributed by atoms with Crippen molar-refractivity contribution < 1.29 is 8.42 Å². The molecule has 0 bridgehead atoms. The lowest BCUT2D eigenvalue weighted by Gasteiger charge is -2.35. The van der Waals surface area contributed by atoms with Crippen LogP contribution in [-0.4, -0.2) is 37.9 Å².